The lowest BCUT2D eigenvalue weighted by Gasteiger charge is -2.43. The molecule has 2 aromatic carbocycles. The average molecular weight is 385 g/mol. The van der Waals surface area contributed by atoms with E-state index in [1.165, 1.54) is 0 Å². The Bertz CT molecular complexity index is 730. The van der Waals surface area contributed by atoms with E-state index in [9.17, 15) is 4.57 Å². The van der Waals surface area contributed by atoms with Crippen molar-refractivity contribution in [3.8, 4) is 0 Å². The normalized spacial score (nSPS) is 22.7. The average Bonchev–Trinajstić information content (AvgIpc) is 2.64. The molecule has 1 fully saturated rings. The summed E-state index contributed by atoms with van der Waals surface area (Å²) >= 11 is 0. The summed E-state index contributed by atoms with van der Waals surface area (Å²) in [6, 6.07) is 20.7. The third-order valence-corrected chi connectivity index (χ3v) is 8.54. The quantitative estimate of drug-likeness (QED) is 0.560. The van der Waals surface area contributed by atoms with E-state index < -0.39 is 7.52 Å². The van der Waals surface area contributed by atoms with E-state index in [1.807, 2.05) is 12.1 Å². The Morgan fingerprint density at radius 3 is 2.00 bits per heavy atom. The van der Waals surface area contributed by atoms with Gasteiger partial charge in [0.15, 0.2) is 0 Å². The zero-order valence-electron chi connectivity index (χ0n) is 17.0. The van der Waals surface area contributed by atoms with Gasteiger partial charge >= 0.3 is 0 Å². The predicted octanol–water partition coefficient (Wildman–Crippen LogP) is 6.37. The van der Waals surface area contributed by atoms with E-state index in [1.54, 1.807) is 0 Å². The highest BCUT2D eigenvalue weighted by atomic mass is 31.2. The van der Waals surface area contributed by atoms with Crippen molar-refractivity contribution >= 4 is 7.52 Å². The topological polar surface area (TPSA) is 29.5 Å². The van der Waals surface area contributed by atoms with Crippen LogP contribution in [0.3, 0.4) is 0 Å². The van der Waals surface area contributed by atoms with Gasteiger partial charge in [-0.1, -0.05) is 88.4 Å². The van der Waals surface area contributed by atoms with Gasteiger partial charge in [-0.05, 0) is 28.9 Å². The van der Waals surface area contributed by atoms with Gasteiger partial charge in [-0.15, -0.1) is 0 Å². The van der Waals surface area contributed by atoms with E-state index in [2.05, 4.69) is 80.9 Å². The van der Waals surface area contributed by atoms with Crippen molar-refractivity contribution in [1.82, 2.24) is 4.67 Å². The summed E-state index contributed by atoms with van der Waals surface area (Å²) in [5.41, 5.74) is 2.43. The van der Waals surface area contributed by atoms with Crippen molar-refractivity contribution in [2.24, 2.45) is 11.3 Å². The van der Waals surface area contributed by atoms with E-state index in [0.29, 0.717) is 18.7 Å². The highest BCUT2D eigenvalue weighted by Gasteiger charge is 2.43. The van der Waals surface area contributed by atoms with E-state index in [0.717, 1.165) is 24.1 Å². The molecule has 1 heterocycles. The molecular weight excluding hydrogens is 353 g/mol. The van der Waals surface area contributed by atoms with Crippen LogP contribution < -0.4 is 0 Å². The zero-order chi connectivity index (χ0) is 19.5. The van der Waals surface area contributed by atoms with Crippen LogP contribution in [0.4, 0.5) is 0 Å². The minimum absolute atomic E-state index is 0.0503. The number of rotatable bonds is 5. The third kappa shape index (κ3) is 4.71. The first-order valence-corrected chi connectivity index (χ1v) is 11.7. The third-order valence-electron chi connectivity index (χ3n) is 5.73. The van der Waals surface area contributed by atoms with E-state index in [4.69, 9.17) is 4.52 Å². The lowest BCUT2D eigenvalue weighted by molar-refractivity contribution is 0.177. The summed E-state index contributed by atoms with van der Waals surface area (Å²) in [5.74, 6) is 0.302. The fourth-order valence-corrected chi connectivity index (χ4v) is 6.73. The monoisotopic (exact) mass is 385 g/mol. The van der Waals surface area contributed by atoms with Crippen LogP contribution in [0.2, 0.25) is 0 Å². The van der Waals surface area contributed by atoms with Gasteiger partial charge in [-0.3, -0.25) is 4.57 Å². The summed E-state index contributed by atoms with van der Waals surface area (Å²) in [4.78, 5) is 0. The SMILES string of the molecule is C[C@H](CP1(=O)OCCCN1C(c1ccccc1)c1ccccc1)C(C)(C)C. The Hall–Kier alpha value is -1.41. The van der Waals surface area contributed by atoms with Crippen molar-refractivity contribution in [2.45, 2.75) is 40.2 Å². The van der Waals surface area contributed by atoms with E-state index in [-0.39, 0.29) is 11.5 Å². The van der Waals surface area contributed by atoms with Crippen LogP contribution in [0.1, 0.15) is 51.3 Å². The van der Waals surface area contributed by atoms with Crippen molar-refractivity contribution < 1.29 is 9.09 Å². The molecule has 0 spiro atoms. The van der Waals surface area contributed by atoms with Crippen molar-refractivity contribution in [3.05, 3.63) is 71.8 Å². The van der Waals surface area contributed by atoms with Gasteiger partial charge in [0.2, 0.25) is 0 Å². The molecule has 2 atom stereocenters. The minimum atomic E-state index is -2.93. The second-order valence-corrected chi connectivity index (χ2v) is 11.1. The molecule has 1 unspecified atom stereocenters. The molecule has 0 saturated carbocycles. The summed E-state index contributed by atoms with van der Waals surface area (Å²) in [5, 5.41) is 0. The number of benzene rings is 2. The predicted molar refractivity (Wildman–Crippen MR) is 113 cm³/mol. The van der Waals surface area contributed by atoms with Crippen LogP contribution in [-0.2, 0) is 9.09 Å². The van der Waals surface area contributed by atoms with Crippen molar-refractivity contribution in [1.29, 1.82) is 0 Å². The highest BCUT2D eigenvalue weighted by Crippen LogP contribution is 2.60. The second kappa shape index (κ2) is 8.31. The molecule has 0 aromatic heterocycles. The largest absolute Gasteiger partial charge is 0.317 e. The number of hydrogen-bond acceptors (Lipinski definition) is 2. The Morgan fingerprint density at radius 2 is 1.52 bits per heavy atom. The Kier molecular flexibility index (Phi) is 6.25. The van der Waals surface area contributed by atoms with Crippen molar-refractivity contribution in [3.63, 3.8) is 0 Å². The maximum atomic E-state index is 14.1. The molecule has 146 valence electrons. The summed E-state index contributed by atoms with van der Waals surface area (Å²) in [6.45, 7) is 10.2. The van der Waals surface area contributed by atoms with Crippen LogP contribution in [0.15, 0.2) is 60.7 Å². The molecule has 3 nitrogen and oxygen atoms in total. The fraction of sp³-hybridized carbons (Fsp3) is 0.478. The molecule has 3 rings (SSSR count). The maximum absolute atomic E-state index is 14.1. The van der Waals surface area contributed by atoms with Gasteiger partial charge in [0.05, 0.1) is 12.6 Å². The molecule has 0 radical (unpaired) electrons. The summed E-state index contributed by atoms with van der Waals surface area (Å²) < 4.78 is 22.3. The van der Waals surface area contributed by atoms with Gasteiger partial charge in [0, 0.05) is 12.7 Å². The minimum Gasteiger partial charge on any atom is -0.317 e. The van der Waals surface area contributed by atoms with Crippen LogP contribution in [0.5, 0.6) is 0 Å². The molecule has 27 heavy (non-hydrogen) atoms. The van der Waals surface area contributed by atoms with Crippen LogP contribution >= 0.6 is 7.52 Å². The molecule has 1 aliphatic heterocycles. The molecule has 4 heteroatoms. The molecular formula is C23H32NO2P. The standard InChI is InChI=1S/C23H32NO2P/c1-19(23(2,3)4)18-27(25)24(16-11-17-26-27)22(20-12-7-5-8-13-20)21-14-9-6-10-15-21/h5-10,12-15,19,22H,11,16-18H2,1-4H3/t19-,27?/m1/s1. The molecule has 1 saturated heterocycles. The molecule has 0 aliphatic carbocycles. The van der Waals surface area contributed by atoms with Crippen molar-refractivity contribution in [2.75, 3.05) is 19.3 Å². The summed E-state index contributed by atoms with van der Waals surface area (Å²) in [7, 11) is -2.93. The summed E-state index contributed by atoms with van der Waals surface area (Å²) in [6.07, 6.45) is 1.50. The lowest BCUT2D eigenvalue weighted by Crippen LogP contribution is -2.36. The smallest absolute Gasteiger partial charge is 0.273 e. The zero-order valence-corrected chi connectivity index (χ0v) is 17.9. The highest BCUT2D eigenvalue weighted by molar-refractivity contribution is 7.56. The van der Waals surface area contributed by atoms with Gasteiger partial charge in [-0.2, -0.15) is 0 Å². The van der Waals surface area contributed by atoms with Crippen LogP contribution in [0.25, 0.3) is 0 Å². The molecule has 1 aliphatic rings. The van der Waals surface area contributed by atoms with Gasteiger partial charge in [0.25, 0.3) is 7.52 Å². The van der Waals surface area contributed by atoms with Crippen LogP contribution in [0, 0.1) is 11.3 Å². The van der Waals surface area contributed by atoms with Crippen LogP contribution in [-0.4, -0.2) is 24.0 Å². The number of hydrogen-bond donors (Lipinski definition) is 0. The maximum Gasteiger partial charge on any atom is 0.273 e. The van der Waals surface area contributed by atoms with Gasteiger partial charge in [-0.25, -0.2) is 4.67 Å². The fourth-order valence-electron chi connectivity index (χ4n) is 3.55. The molecule has 0 N–H and O–H groups in total. The molecule has 0 bridgehead atoms. The Balaban J connectivity index is 2.02. The first-order valence-electron chi connectivity index (χ1n) is 9.92. The van der Waals surface area contributed by atoms with Gasteiger partial charge < -0.3 is 4.52 Å². The Labute approximate surface area is 164 Å². The van der Waals surface area contributed by atoms with Gasteiger partial charge in [0.1, 0.15) is 0 Å². The second-order valence-electron chi connectivity index (χ2n) is 8.66. The number of nitrogens with zero attached hydrogens (tertiary/aromatic N) is 1. The first-order chi connectivity index (χ1) is 12.8. The first kappa shape index (κ1) is 20.3. The lowest BCUT2D eigenvalue weighted by atomic mass is 9.83. The van der Waals surface area contributed by atoms with E-state index >= 15 is 0 Å². The molecule has 0 amide bonds. The molecule has 2 aromatic rings. The Morgan fingerprint density at radius 1 is 1.00 bits per heavy atom.